The zero-order valence-electron chi connectivity index (χ0n) is 20.2. The third kappa shape index (κ3) is 7.75. The van der Waals surface area contributed by atoms with E-state index < -0.39 is 28.5 Å². The third-order valence-electron chi connectivity index (χ3n) is 6.17. The lowest BCUT2D eigenvalue weighted by atomic mass is 10.1. The zero-order chi connectivity index (χ0) is 26.5. The van der Waals surface area contributed by atoms with E-state index in [2.05, 4.69) is 5.32 Å². The molecule has 0 aliphatic heterocycles. The number of nitrogens with one attached hydrogen (secondary N) is 1. The Kier molecular flexibility index (Phi) is 9.92. The molecule has 196 valence electrons. The molecule has 2 aromatic rings. The lowest BCUT2D eigenvalue weighted by Crippen LogP contribution is -2.53. The van der Waals surface area contributed by atoms with Gasteiger partial charge in [0.1, 0.15) is 12.6 Å². The number of hydrogen-bond acceptors (Lipinski definition) is 4. The van der Waals surface area contributed by atoms with Gasteiger partial charge in [0.05, 0.1) is 11.9 Å². The van der Waals surface area contributed by atoms with E-state index in [1.807, 2.05) is 6.92 Å². The fraction of sp³-hybridized carbons (Fsp3) is 0.440. The number of halogens is 3. The summed E-state index contributed by atoms with van der Waals surface area (Å²) in [5.41, 5.74) is 0.926. The molecule has 11 heteroatoms. The van der Waals surface area contributed by atoms with Crippen molar-refractivity contribution in [3.05, 3.63) is 63.1 Å². The first-order chi connectivity index (χ1) is 17.0. The summed E-state index contributed by atoms with van der Waals surface area (Å²) in [6.07, 6.45) is 5.29. The average Bonchev–Trinajstić information content (AvgIpc) is 3.30. The van der Waals surface area contributed by atoms with Crippen LogP contribution in [-0.2, 0) is 26.2 Å². The van der Waals surface area contributed by atoms with Crippen LogP contribution in [0.3, 0.4) is 0 Å². The quantitative estimate of drug-likeness (QED) is 0.418. The minimum absolute atomic E-state index is 0.0835. The van der Waals surface area contributed by atoms with E-state index in [9.17, 15) is 18.0 Å². The summed E-state index contributed by atoms with van der Waals surface area (Å²) in [4.78, 5) is 28.4. The Morgan fingerprint density at radius 3 is 2.11 bits per heavy atom. The van der Waals surface area contributed by atoms with Crippen molar-refractivity contribution in [2.75, 3.05) is 17.1 Å². The molecule has 36 heavy (non-hydrogen) atoms. The summed E-state index contributed by atoms with van der Waals surface area (Å²) in [5, 5.41) is 4.09. The van der Waals surface area contributed by atoms with Crippen molar-refractivity contribution in [2.45, 2.75) is 57.7 Å². The highest BCUT2D eigenvalue weighted by Gasteiger charge is 2.33. The van der Waals surface area contributed by atoms with Gasteiger partial charge in [-0.05, 0) is 55.2 Å². The van der Waals surface area contributed by atoms with Gasteiger partial charge in [0.25, 0.3) is 0 Å². The standard InChI is InChI=1S/C25H30Cl3N3O4S/c1-3-23(25(33)29-21-6-4-5-7-21)30(15-17-8-10-18(26)11-9-17)24(32)16-31(36(2,34)35)22-13-19(27)12-20(28)14-22/h8-14,21,23H,3-7,15-16H2,1-2H3,(H,29,33)/t23-/m1/s1. The van der Waals surface area contributed by atoms with Crippen molar-refractivity contribution in [1.82, 2.24) is 10.2 Å². The molecular formula is C25H30Cl3N3O4S. The van der Waals surface area contributed by atoms with Crippen LogP contribution in [0.5, 0.6) is 0 Å². The first-order valence-corrected chi connectivity index (χ1v) is 14.7. The molecule has 0 spiro atoms. The lowest BCUT2D eigenvalue weighted by Gasteiger charge is -2.33. The fourth-order valence-corrected chi connectivity index (χ4v) is 5.84. The number of carbonyl (C=O) groups excluding carboxylic acids is 2. The number of carbonyl (C=O) groups is 2. The first kappa shape index (κ1) is 28.6. The van der Waals surface area contributed by atoms with Gasteiger partial charge in [-0.25, -0.2) is 8.42 Å². The number of anilines is 1. The van der Waals surface area contributed by atoms with E-state index in [1.165, 1.54) is 23.1 Å². The number of hydrogen-bond donors (Lipinski definition) is 1. The van der Waals surface area contributed by atoms with Gasteiger partial charge in [-0.15, -0.1) is 0 Å². The highest BCUT2D eigenvalue weighted by atomic mass is 35.5. The second-order valence-corrected chi connectivity index (χ2v) is 12.2. The highest BCUT2D eigenvalue weighted by molar-refractivity contribution is 7.92. The van der Waals surface area contributed by atoms with Crippen LogP contribution < -0.4 is 9.62 Å². The number of nitrogens with zero attached hydrogens (tertiary/aromatic N) is 2. The maximum atomic E-state index is 13.7. The summed E-state index contributed by atoms with van der Waals surface area (Å²) in [6, 6.07) is 10.6. The van der Waals surface area contributed by atoms with Crippen molar-refractivity contribution in [2.24, 2.45) is 0 Å². The number of sulfonamides is 1. The zero-order valence-corrected chi connectivity index (χ0v) is 23.3. The van der Waals surface area contributed by atoms with Gasteiger partial charge in [-0.3, -0.25) is 13.9 Å². The van der Waals surface area contributed by atoms with Crippen molar-refractivity contribution >= 4 is 62.3 Å². The van der Waals surface area contributed by atoms with E-state index in [1.54, 1.807) is 24.3 Å². The molecule has 1 fully saturated rings. The van der Waals surface area contributed by atoms with Crippen LogP contribution in [0.2, 0.25) is 15.1 Å². The van der Waals surface area contributed by atoms with Gasteiger partial charge in [0.15, 0.2) is 0 Å². The van der Waals surface area contributed by atoms with Crippen LogP contribution in [-0.4, -0.2) is 50.0 Å². The van der Waals surface area contributed by atoms with Gasteiger partial charge in [0.2, 0.25) is 21.8 Å². The molecule has 0 radical (unpaired) electrons. The fourth-order valence-electron chi connectivity index (χ4n) is 4.37. The molecule has 0 heterocycles. The molecule has 1 aliphatic rings. The Morgan fingerprint density at radius 1 is 1.00 bits per heavy atom. The van der Waals surface area contributed by atoms with Crippen molar-refractivity contribution in [3.8, 4) is 0 Å². The Balaban J connectivity index is 1.93. The third-order valence-corrected chi connectivity index (χ3v) is 8.00. The van der Waals surface area contributed by atoms with Crippen molar-refractivity contribution in [3.63, 3.8) is 0 Å². The van der Waals surface area contributed by atoms with Crippen LogP contribution in [0.25, 0.3) is 0 Å². The molecule has 0 saturated heterocycles. The highest BCUT2D eigenvalue weighted by Crippen LogP contribution is 2.28. The van der Waals surface area contributed by atoms with Crippen LogP contribution >= 0.6 is 34.8 Å². The van der Waals surface area contributed by atoms with E-state index in [0.717, 1.165) is 41.8 Å². The summed E-state index contributed by atoms with van der Waals surface area (Å²) >= 11 is 18.2. The monoisotopic (exact) mass is 573 g/mol. The van der Waals surface area contributed by atoms with Gasteiger partial charge in [-0.2, -0.15) is 0 Å². The Labute approximate surface area is 227 Å². The van der Waals surface area contributed by atoms with Gasteiger partial charge < -0.3 is 10.2 Å². The van der Waals surface area contributed by atoms with Crippen LogP contribution in [0.1, 0.15) is 44.6 Å². The molecule has 7 nitrogen and oxygen atoms in total. The topological polar surface area (TPSA) is 86.8 Å². The number of amides is 2. The van der Waals surface area contributed by atoms with Crippen LogP contribution in [0, 0.1) is 0 Å². The second-order valence-electron chi connectivity index (χ2n) is 8.96. The molecule has 0 bridgehead atoms. The van der Waals surface area contributed by atoms with Gasteiger partial charge in [0, 0.05) is 27.7 Å². The predicted octanol–water partition coefficient (Wildman–Crippen LogP) is 5.28. The molecule has 1 atom stereocenters. The van der Waals surface area contributed by atoms with Crippen LogP contribution in [0.15, 0.2) is 42.5 Å². The molecule has 0 unspecified atom stereocenters. The minimum atomic E-state index is -3.88. The van der Waals surface area contributed by atoms with E-state index >= 15 is 0 Å². The Morgan fingerprint density at radius 2 is 1.58 bits per heavy atom. The molecule has 1 N–H and O–H groups in total. The van der Waals surface area contributed by atoms with E-state index in [0.29, 0.717) is 11.4 Å². The summed E-state index contributed by atoms with van der Waals surface area (Å²) < 4.78 is 26.3. The molecule has 3 rings (SSSR count). The molecule has 0 aromatic heterocycles. The maximum Gasteiger partial charge on any atom is 0.244 e. The van der Waals surface area contributed by atoms with E-state index in [-0.39, 0.29) is 34.2 Å². The SMILES string of the molecule is CC[C@H](C(=O)NC1CCCC1)N(Cc1ccc(Cl)cc1)C(=O)CN(c1cc(Cl)cc(Cl)c1)S(C)(=O)=O. The van der Waals surface area contributed by atoms with Gasteiger partial charge >= 0.3 is 0 Å². The summed E-state index contributed by atoms with van der Waals surface area (Å²) in [5.74, 6) is -0.775. The normalized spacial score (nSPS) is 14.9. The second kappa shape index (κ2) is 12.5. The molecular weight excluding hydrogens is 545 g/mol. The molecule has 1 aliphatic carbocycles. The van der Waals surface area contributed by atoms with Gasteiger partial charge in [-0.1, -0.05) is 66.7 Å². The van der Waals surface area contributed by atoms with Crippen molar-refractivity contribution < 1.29 is 18.0 Å². The smallest absolute Gasteiger partial charge is 0.244 e. The lowest BCUT2D eigenvalue weighted by molar-refractivity contribution is -0.140. The Bertz CT molecular complexity index is 1170. The maximum absolute atomic E-state index is 13.7. The minimum Gasteiger partial charge on any atom is -0.352 e. The molecule has 1 saturated carbocycles. The molecule has 2 aromatic carbocycles. The average molecular weight is 575 g/mol. The summed E-state index contributed by atoms with van der Waals surface area (Å²) in [6.45, 7) is 1.42. The molecule has 2 amide bonds. The number of rotatable bonds is 10. The predicted molar refractivity (Wildman–Crippen MR) is 145 cm³/mol. The van der Waals surface area contributed by atoms with Crippen LogP contribution in [0.4, 0.5) is 5.69 Å². The van der Waals surface area contributed by atoms with Crippen molar-refractivity contribution in [1.29, 1.82) is 0 Å². The Hall–Kier alpha value is -2.00. The first-order valence-electron chi connectivity index (χ1n) is 11.8. The van der Waals surface area contributed by atoms with E-state index in [4.69, 9.17) is 34.8 Å². The number of benzene rings is 2. The largest absolute Gasteiger partial charge is 0.352 e. The summed E-state index contributed by atoms with van der Waals surface area (Å²) in [7, 11) is -3.88.